The summed E-state index contributed by atoms with van der Waals surface area (Å²) in [5.41, 5.74) is 0. The lowest BCUT2D eigenvalue weighted by atomic mass is 9.96. The number of nitrogens with zero attached hydrogens (tertiary/aromatic N) is 2. The number of ether oxygens (including phenoxy) is 1. The summed E-state index contributed by atoms with van der Waals surface area (Å²) in [5.74, 6) is 0.977. The van der Waals surface area contributed by atoms with Crippen LogP contribution in [0.25, 0.3) is 0 Å². The van der Waals surface area contributed by atoms with Gasteiger partial charge in [0.05, 0.1) is 18.2 Å². The molecule has 0 spiro atoms. The first-order valence-electron chi connectivity index (χ1n) is 9.28. The third-order valence-electron chi connectivity index (χ3n) is 5.12. The van der Waals surface area contributed by atoms with Crippen molar-refractivity contribution in [1.82, 2.24) is 15.5 Å². The largest absolute Gasteiger partial charge is 0.373 e. The van der Waals surface area contributed by atoms with Crippen molar-refractivity contribution in [3.63, 3.8) is 0 Å². The van der Waals surface area contributed by atoms with E-state index in [9.17, 15) is 0 Å². The first kappa shape index (κ1) is 16.1. The molecule has 5 nitrogen and oxygen atoms in total. The molecule has 0 aromatic heterocycles. The number of unbranched alkanes of at least 4 members (excludes halogenated alkanes) is 1. The summed E-state index contributed by atoms with van der Waals surface area (Å²) in [5, 5.41) is 6.96. The van der Waals surface area contributed by atoms with E-state index in [0.29, 0.717) is 18.2 Å². The zero-order valence-electron chi connectivity index (χ0n) is 14.0. The van der Waals surface area contributed by atoms with Crippen LogP contribution < -0.4 is 10.6 Å². The van der Waals surface area contributed by atoms with Crippen LogP contribution in [-0.2, 0) is 4.74 Å². The van der Waals surface area contributed by atoms with Crippen molar-refractivity contribution < 1.29 is 4.74 Å². The van der Waals surface area contributed by atoms with E-state index in [2.05, 4.69) is 22.5 Å². The fourth-order valence-corrected chi connectivity index (χ4v) is 3.93. The number of aliphatic imine (C=N–C) groups is 1. The number of fused-ring (bicyclic) bond motifs is 2. The molecule has 3 aliphatic heterocycles. The Labute approximate surface area is 134 Å². The molecule has 3 heterocycles. The number of hydrogen-bond donors (Lipinski definition) is 2. The molecule has 3 saturated heterocycles. The van der Waals surface area contributed by atoms with Gasteiger partial charge in [0.1, 0.15) is 0 Å². The highest BCUT2D eigenvalue weighted by molar-refractivity contribution is 5.80. The van der Waals surface area contributed by atoms with Gasteiger partial charge in [-0.2, -0.15) is 0 Å². The second-order valence-corrected chi connectivity index (χ2v) is 6.88. The zero-order chi connectivity index (χ0) is 15.2. The van der Waals surface area contributed by atoms with Gasteiger partial charge < -0.3 is 20.3 Å². The van der Waals surface area contributed by atoms with Crippen LogP contribution in [0.2, 0.25) is 0 Å². The van der Waals surface area contributed by atoms with E-state index in [1.165, 1.54) is 58.2 Å². The average molecular weight is 308 g/mol. The number of rotatable bonds is 7. The van der Waals surface area contributed by atoms with Gasteiger partial charge in [0.2, 0.25) is 0 Å². The summed E-state index contributed by atoms with van der Waals surface area (Å²) in [6.45, 7) is 7.82. The first-order valence-corrected chi connectivity index (χ1v) is 9.28. The fourth-order valence-electron chi connectivity index (χ4n) is 3.93. The van der Waals surface area contributed by atoms with Crippen LogP contribution in [0.1, 0.15) is 51.9 Å². The molecule has 0 aromatic carbocycles. The lowest BCUT2D eigenvalue weighted by Crippen LogP contribution is -2.47. The molecule has 3 unspecified atom stereocenters. The molecular weight excluding hydrogens is 276 g/mol. The van der Waals surface area contributed by atoms with Crippen molar-refractivity contribution in [1.29, 1.82) is 0 Å². The molecule has 0 aliphatic carbocycles. The molecule has 2 N–H and O–H groups in total. The lowest BCUT2D eigenvalue weighted by Gasteiger charge is -2.22. The van der Waals surface area contributed by atoms with Crippen LogP contribution in [-0.4, -0.2) is 61.8 Å². The van der Waals surface area contributed by atoms with Crippen molar-refractivity contribution in [3.05, 3.63) is 0 Å². The Kier molecular flexibility index (Phi) is 5.96. The van der Waals surface area contributed by atoms with E-state index in [1.54, 1.807) is 0 Å². The zero-order valence-corrected chi connectivity index (χ0v) is 14.0. The third kappa shape index (κ3) is 4.35. The van der Waals surface area contributed by atoms with Gasteiger partial charge in [0.15, 0.2) is 5.96 Å². The summed E-state index contributed by atoms with van der Waals surface area (Å²) in [4.78, 5) is 7.33. The molecule has 5 heteroatoms. The monoisotopic (exact) mass is 308 g/mol. The van der Waals surface area contributed by atoms with Crippen LogP contribution in [0.3, 0.4) is 0 Å². The molecule has 2 bridgehead atoms. The normalized spacial score (nSPS) is 31.9. The van der Waals surface area contributed by atoms with Crippen molar-refractivity contribution in [2.75, 3.05) is 32.7 Å². The van der Waals surface area contributed by atoms with Gasteiger partial charge in [-0.05, 0) is 71.5 Å². The van der Waals surface area contributed by atoms with E-state index in [4.69, 9.17) is 9.73 Å². The van der Waals surface area contributed by atoms with Crippen LogP contribution in [0.5, 0.6) is 0 Å². The Morgan fingerprint density at radius 1 is 1.23 bits per heavy atom. The molecule has 22 heavy (non-hydrogen) atoms. The number of guanidine groups is 1. The Hall–Kier alpha value is -0.810. The highest BCUT2D eigenvalue weighted by Crippen LogP contribution is 2.34. The summed E-state index contributed by atoms with van der Waals surface area (Å²) < 4.78 is 5.91. The molecule has 3 aliphatic rings. The fraction of sp³-hybridized carbons (Fsp3) is 0.941. The number of likely N-dealkylation sites (tertiary alicyclic amines) is 1. The van der Waals surface area contributed by atoms with E-state index < -0.39 is 0 Å². The minimum atomic E-state index is 0.407. The third-order valence-corrected chi connectivity index (χ3v) is 5.12. The van der Waals surface area contributed by atoms with E-state index >= 15 is 0 Å². The van der Waals surface area contributed by atoms with Crippen molar-refractivity contribution in [2.24, 2.45) is 4.99 Å². The second-order valence-electron chi connectivity index (χ2n) is 6.88. The Bertz CT molecular complexity index is 368. The van der Waals surface area contributed by atoms with Crippen molar-refractivity contribution in [3.8, 4) is 0 Å². The molecule has 0 saturated carbocycles. The molecule has 3 rings (SSSR count). The van der Waals surface area contributed by atoms with Gasteiger partial charge >= 0.3 is 0 Å². The van der Waals surface area contributed by atoms with Crippen LogP contribution in [0.15, 0.2) is 4.99 Å². The van der Waals surface area contributed by atoms with Crippen LogP contribution in [0.4, 0.5) is 0 Å². The average Bonchev–Trinajstić information content (AvgIpc) is 3.24. The molecule has 126 valence electrons. The Morgan fingerprint density at radius 3 is 2.77 bits per heavy atom. The smallest absolute Gasteiger partial charge is 0.191 e. The molecule has 3 fully saturated rings. The maximum atomic E-state index is 5.91. The molecule has 3 atom stereocenters. The minimum Gasteiger partial charge on any atom is -0.373 e. The SMILES string of the molecule is CCNC(=NCCCCN1CCCC1)NC1CC2CCC1O2. The quantitative estimate of drug-likeness (QED) is 0.427. The topological polar surface area (TPSA) is 48.9 Å². The summed E-state index contributed by atoms with van der Waals surface area (Å²) in [7, 11) is 0. The second kappa shape index (κ2) is 8.16. The van der Waals surface area contributed by atoms with E-state index in [1.807, 2.05) is 0 Å². The molecular formula is C17H32N4O. The highest BCUT2D eigenvalue weighted by Gasteiger charge is 2.41. The van der Waals surface area contributed by atoms with Gasteiger partial charge in [-0.3, -0.25) is 4.99 Å². The van der Waals surface area contributed by atoms with Gasteiger partial charge in [-0.15, -0.1) is 0 Å². The summed E-state index contributed by atoms with van der Waals surface area (Å²) in [6.07, 6.45) is 9.71. The van der Waals surface area contributed by atoms with E-state index in [-0.39, 0.29) is 0 Å². The number of nitrogens with one attached hydrogen (secondary N) is 2. The highest BCUT2D eigenvalue weighted by atomic mass is 16.5. The van der Waals surface area contributed by atoms with Crippen LogP contribution >= 0.6 is 0 Å². The van der Waals surface area contributed by atoms with Crippen molar-refractivity contribution >= 4 is 5.96 Å². The number of hydrogen-bond acceptors (Lipinski definition) is 3. The first-order chi connectivity index (χ1) is 10.8. The molecule has 0 radical (unpaired) electrons. The van der Waals surface area contributed by atoms with Crippen LogP contribution in [0, 0.1) is 0 Å². The van der Waals surface area contributed by atoms with Gasteiger partial charge in [-0.1, -0.05) is 0 Å². The maximum absolute atomic E-state index is 5.91. The Balaban J connectivity index is 1.36. The predicted molar refractivity (Wildman–Crippen MR) is 90.3 cm³/mol. The molecule has 0 amide bonds. The lowest BCUT2D eigenvalue weighted by molar-refractivity contribution is 0.0992. The van der Waals surface area contributed by atoms with Gasteiger partial charge in [0.25, 0.3) is 0 Å². The van der Waals surface area contributed by atoms with Gasteiger partial charge in [0, 0.05) is 13.1 Å². The summed E-state index contributed by atoms with van der Waals surface area (Å²) in [6, 6.07) is 0.459. The van der Waals surface area contributed by atoms with Gasteiger partial charge in [-0.25, -0.2) is 0 Å². The maximum Gasteiger partial charge on any atom is 0.191 e. The predicted octanol–water partition coefficient (Wildman–Crippen LogP) is 1.74. The summed E-state index contributed by atoms with van der Waals surface area (Å²) >= 11 is 0. The Morgan fingerprint density at radius 2 is 2.09 bits per heavy atom. The molecule has 0 aromatic rings. The van der Waals surface area contributed by atoms with Crippen molar-refractivity contribution in [2.45, 2.75) is 70.1 Å². The standard InChI is InChI=1S/C17H32N4O/c1-2-18-17(20-15-13-14-7-8-16(15)22-14)19-9-3-4-10-21-11-5-6-12-21/h14-16H,2-13H2,1H3,(H2,18,19,20). The minimum absolute atomic E-state index is 0.407. The van der Waals surface area contributed by atoms with E-state index in [0.717, 1.165) is 25.5 Å².